The van der Waals surface area contributed by atoms with Crippen molar-refractivity contribution >= 4 is 43.2 Å². The summed E-state index contributed by atoms with van der Waals surface area (Å²) in [5, 5.41) is 2.60. The fourth-order valence-corrected chi connectivity index (χ4v) is 3.89. The molecule has 0 spiro atoms. The molecule has 2 aromatic rings. The minimum atomic E-state index is -3.88. The number of ether oxygens (including phenoxy) is 1. The maximum Gasteiger partial charge on any atom is 0.257 e. The van der Waals surface area contributed by atoms with Gasteiger partial charge in [-0.15, -0.1) is 16.2 Å². The molecule has 23 heavy (non-hydrogen) atoms. The van der Waals surface area contributed by atoms with E-state index in [4.69, 9.17) is 4.74 Å². The molecule has 1 aromatic carbocycles. The number of amides is 1. The van der Waals surface area contributed by atoms with Gasteiger partial charge in [-0.25, -0.2) is 13.4 Å². The summed E-state index contributed by atoms with van der Waals surface area (Å²) < 4.78 is 29.8. The molecule has 0 aliphatic rings. The number of hydrazine groups is 1. The van der Waals surface area contributed by atoms with Gasteiger partial charge in [0.15, 0.2) is 0 Å². The number of nitrogens with zero attached hydrogens (tertiary/aromatic N) is 1. The summed E-state index contributed by atoms with van der Waals surface area (Å²) in [6.45, 7) is 1.83. The summed E-state index contributed by atoms with van der Waals surface area (Å²) in [6.07, 6.45) is -0.000826. The molecule has 0 saturated heterocycles. The fraction of sp³-hybridized carbons (Fsp3) is 0.231. The van der Waals surface area contributed by atoms with Crippen LogP contribution in [0.1, 0.15) is 10.7 Å². The summed E-state index contributed by atoms with van der Waals surface area (Å²) in [6, 6.07) is 4.28. The second kappa shape index (κ2) is 7.39. The van der Waals surface area contributed by atoms with Gasteiger partial charge in [0.2, 0.25) is 5.91 Å². The van der Waals surface area contributed by atoms with E-state index in [2.05, 4.69) is 31.2 Å². The molecule has 124 valence electrons. The highest BCUT2D eigenvalue weighted by atomic mass is 79.9. The van der Waals surface area contributed by atoms with Gasteiger partial charge in [0.25, 0.3) is 10.0 Å². The molecule has 1 aromatic heterocycles. The molecule has 2 rings (SSSR count). The van der Waals surface area contributed by atoms with Crippen molar-refractivity contribution in [2.45, 2.75) is 18.2 Å². The number of sulfonamides is 1. The van der Waals surface area contributed by atoms with Crippen LogP contribution in [0.25, 0.3) is 0 Å². The SMILES string of the molecule is COc1ccc(S(=O)(=O)NNC(=O)Cc2csc(C)n2)cc1Br. The summed E-state index contributed by atoms with van der Waals surface area (Å²) in [5.74, 6) is 0.0124. The zero-order valence-electron chi connectivity index (χ0n) is 12.3. The van der Waals surface area contributed by atoms with E-state index < -0.39 is 15.9 Å². The number of methoxy groups -OCH3 is 1. The predicted octanol–water partition coefficient (Wildman–Crippen LogP) is 1.77. The molecule has 2 N–H and O–H groups in total. The average Bonchev–Trinajstić information content (AvgIpc) is 2.90. The van der Waals surface area contributed by atoms with Gasteiger partial charge in [-0.05, 0) is 41.1 Å². The topological polar surface area (TPSA) is 97.4 Å². The van der Waals surface area contributed by atoms with E-state index in [-0.39, 0.29) is 11.3 Å². The van der Waals surface area contributed by atoms with Crippen LogP contribution in [0.4, 0.5) is 0 Å². The Morgan fingerprint density at radius 3 is 2.74 bits per heavy atom. The van der Waals surface area contributed by atoms with Gasteiger partial charge in [0.1, 0.15) is 5.75 Å². The highest BCUT2D eigenvalue weighted by Gasteiger charge is 2.17. The van der Waals surface area contributed by atoms with Crippen molar-refractivity contribution in [1.82, 2.24) is 15.2 Å². The van der Waals surface area contributed by atoms with Crippen LogP contribution in [0, 0.1) is 6.92 Å². The van der Waals surface area contributed by atoms with Gasteiger partial charge in [-0.1, -0.05) is 0 Å². The van der Waals surface area contributed by atoms with Crippen LogP contribution in [-0.2, 0) is 21.2 Å². The monoisotopic (exact) mass is 419 g/mol. The van der Waals surface area contributed by atoms with E-state index in [1.807, 2.05) is 6.92 Å². The molecule has 10 heteroatoms. The van der Waals surface area contributed by atoms with Gasteiger partial charge in [0, 0.05) is 5.38 Å². The van der Waals surface area contributed by atoms with Crippen molar-refractivity contribution in [2.75, 3.05) is 7.11 Å². The first kappa shape index (κ1) is 17.9. The Morgan fingerprint density at radius 1 is 1.43 bits per heavy atom. The van der Waals surface area contributed by atoms with Gasteiger partial charge in [-0.3, -0.25) is 10.2 Å². The first-order valence-electron chi connectivity index (χ1n) is 6.37. The molecule has 0 atom stereocenters. The third-order valence-electron chi connectivity index (χ3n) is 2.77. The molecule has 0 aliphatic carbocycles. The van der Waals surface area contributed by atoms with E-state index in [1.54, 1.807) is 5.38 Å². The van der Waals surface area contributed by atoms with Crippen molar-refractivity contribution < 1.29 is 17.9 Å². The van der Waals surface area contributed by atoms with Crippen molar-refractivity contribution in [3.8, 4) is 5.75 Å². The molecule has 0 aliphatic heterocycles. The molecule has 1 amide bonds. The number of rotatable bonds is 6. The van der Waals surface area contributed by atoms with E-state index in [1.165, 1.54) is 36.6 Å². The maximum absolute atomic E-state index is 12.1. The number of benzene rings is 1. The van der Waals surface area contributed by atoms with Crippen LogP contribution in [0.3, 0.4) is 0 Å². The number of nitrogens with one attached hydrogen (secondary N) is 2. The predicted molar refractivity (Wildman–Crippen MR) is 89.7 cm³/mol. The quantitative estimate of drug-likeness (QED) is 0.695. The normalized spacial score (nSPS) is 11.3. The Balaban J connectivity index is 2.01. The van der Waals surface area contributed by atoms with Gasteiger partial charge in [0.05, 0.1) is 33.6 Å². The van der Waals surface area contributed by atoms with Gasteiger partial charge in [-0.2, -0.15) is 0 Å². The number of hydrogen-bond acceptors (Lipinski definition) is 6. The Kier molecular flexibility index (Phi) is 5.74. The average molecular weight is 420 g/mol. The van der Waals surface area contributed by atoms with Crippen LogP contribution in [0.15, 0.2) is 32.9 Å². The van der Waals surface area contributed by atoms with Gasteiger partial charge < -0.3 is 4.74 Å². The zero-order valence-corrected chi connectivity index (χ0v) is 15.5. The number of hydrogen-bond donors (Lipinski definition) is 2. The van der Waals surface area contributed by atoms with Crippen molar-refractivity contribution in [1.29, 1.82) is 0 Å². The lowest BCUT2D eigenvalue weighted by Gasteiger charge is -2.09. The van der Waals surface area contributed by atoms with Gasteiger partial charge >= 0.3 is 0 Å². The third kappa shape index (κ3) is 4.74. The molecule has 0 saturated carbocycles. The lowest BCUT2D eigenvalue weighted by molar-refractivity contribution is -0.120. The number of thiazole rings is 1. The highest BCUT2D eigenvalue weighted by Crippen LogP contribution is 2.27. The molecule has 0 fully saturated rings. The molecule has 0 radical (unpaired) electrons. The Morgan fingerprint density at radius 2 is 2.17 bits per heavy atom. The summed E-state index contributed by atoms with van der Waals surface area (Å²) >= 11 is 4.64. The van der Waals surface area contributed by atoms with Crippen LogP contribution in [0.2, 0.25) is 0 Å². The van der Waals surface area contributed by atoms with Crippen LogP contribution in [0.5, 0.6) is 5.75 Å². The van der Waals surface area contributed by atoms with E-state index in [0.29, 0.717) is 15.9 Å². The summed E-state index contributed by atoms with van der Waals surface area (Å²) in [5.41, 5.74) is 2.76. The number of halogens is 1. The first-order valence-corrected chi connectivity index (χ1v) is 9.52. The lowest BCUT2D eigenvalue weighted by Crippen LogP contribution is -2.42. The maximum atomic E-state index is 12.1. The van der Waals surface area contributed by atoms with E-state index in [9.17, 15) is 13.2 Å². The minimum Gasteiger partial charge on any atom is -0.496 e. The third-order valence-corrected chi connectivity index (χ3v) is 5.45. The Hall–Kier alpha value is -1.49. The smallest absolute Gasteiger partial charge is 0.257 e. The van der Waals surface area contributed by atoms with Crippen LogP contribution in [-0.4, -0.2) is 26.4 Å². The molecule has 0 unspecified atom stereocenters. The van der Waals surface area contributed by atoms with E-state index >= 15 is 0 Å². The van der Waals surface area contributed by atoms with Crippen molar-refractivity contribution in [3.63, 3.8) is 0 Å². The number of carbonyl (C=O) groups is 1. The number of aryl methyl sites for hydroxylation is 1. The Labute approximate surface area is 146 Å². The highest BCUT2D eigenvalue weighted by molar-refractivity contribution is 9.10. The second-order valence-electron chi connectivity index (χ2n) is 4.48. The molecule has 0 bridgehead atoms. The second-order valence-corrected chi connectivity index (χ2v) is 8.08. The number of carbonyl (C=O) groups excluding carboxylic acids is 1. The molecule has 1 heterocycles. The first-order chi connectivity index (χ1) is 10.8. The number of aromatic nitrogens is 1. The van der Waals surface area contributed by atoms with Crippen molar-refractivity contribution in [3.05, 3.63) is 38.8 Å². The van der Waals surface area contributed by atoms with Crippen molar-refractivity contribution in [2.24, 2.45) is 0 Å². The largest absolute Gasteiger partial charge is 0.496 e. The molecular weight excluding hydrogens is 406 g/mol. The molecule has 7 nitrogen and oxygen atoms in total. The standard InChI is InChI=1S/C13H14BrN3O4S2/c1-8-15-9(7-22-8)5-13(18)16-17-23(19,20)10-3-4-12(21-2)11(14)6-10/h3-4,6-7,17H,5H2,1-2H3,(H,16,18). The fourth-order valence-electron chi connectivity index (χ4n) is 1.70. The zero-order chi connectivity index (χ0) is 17.0. The Bertz CT molecular complexity index is 820. The van der Waals surface area contributed by atoms with E-state index in [0.717, 1.165) is 5.01 Å². The van der Waals surface area contributed by atoms with Crippen LogP contribution < -0.4 is 15.0 Å². The summed E-state index contributed by atoms with van der Waals surface area (Å²) in [4.78, 5) is 18.0. The minimum absolute atomic E-state index is 0.000826. The summed E-state index contributed by atoms with van der Waals surface area (Å²) in [7, 11) is -2.40. The molecular formula is C13H14BrN3O4S2. The van der Waals surface area contributed by atoms with Crippen LogP contribution >= 0.6 is 27.3 Å². The lowest BCUT2D eigenvalue weighted by atomic mass is 10.3.